The number of nitrogens with zero attached hydrogens (tertiary/aromatic N) is 1. The molecule has 0 bridgehead atoms. The number of hydrogen-bond donors (Lipinski definition) is 1. The second kappa shape index (κ2) is 5.95. The van der Waals surface area contributed by atoms with Gasteiger partial charge in [0.1, 0.15) is 0 Å². The van der Waals surface area contributed by atoms with E-state index in [-0.39, 0.29) is 0 Å². The molecule has 0 aliphatic carbocycles. The Morgan fingerprint density at radius 3 is 2.72 bits per heavy atom. The second-order valence-corrected chi connectivity index (χ2v) is 6.69. The molecule has 2 heterocycles. The van der Waals surface area contributed by atoms with E-state index in [4.69, 9.17) is 0 Å². The van der Waals surface area contributed by atoms with Crippen molar-refractivity contribution in [2.75, 3.05) is 7.05 Å². The maximum absolute atomic E-state index is 4.65. The van der Waals surface area contributed by atoms with Crippen molar-refractivity contribution < 1.29 is 0 Å². The minimum Gasteiger partial charge on any atom is -0.312 e. The fraction of sp³-hybridized carbons (Fsp3) is 0.500. The molecule has 2 nitrogen and oxygen atoms in total. The first-order valence-corrected chi connectivity index (χ1v) is 8.01. The van der Waals surface area contributed by atoms with Gasteiger partial charge in [0.2, 0.25) is 0 Å². The molecule has 0 radical (unpaired) electrons. The summed E-state index contributed by atoms with van der Waals surface area (Å²) in [6.45, 7) is 6.45. The highest BCUT2D eigenvalue weighted by Crippen LogP contribution is 2.29. The minimum absolute atomic E-state index is 0.393. The zero-order valence-corrected chi connectivity index (χ0v) is 13.0. The topological polar surface area (TPSA) is 24.9 Å². The summed E-state index contributed by atoms with van der Waals surface area (Å²) in [6, 6.07) is 2.63. The predicted octanol–water partition coefficient (Wildman–Crippen LogP) is 3.89. The van der Waals surface area contributed by atoms with Crippen LogP contribution < -0.4 is 5.32 Å². The molecule has 0 saturated carbocycles. The van der Waals surface area contributed by atoms with Gasteiger partial charge in [-0.1, -0.05) is 6.92 Å². The van der Waals surface area contributed by atoms with Crippen LogP contribution in [0.25, 0.3) is 0 Å². The lowest BCUT2D eigenvalue weighted by Gasteiger charge is -2.15. The van der Waals surface area contributed by atoms with Crippen molar-refractivity contribution in [3.8, 4) is 0 Å². The molecule has 18 heavy (non-hydrogen) atoms. The van der Waals surface area contributed by atoms with Crippen molar-refractivity contribution in [3.05, 3.63) is 37.5 Å². The first-order chi connectivity index (χ1) is 8.65. The van der Waals surface area contributed by atoms with Crippen molar-refractivity contribution in [3.63, 3.8) is 0 Å². The molecule has 0 amide bonds. The molecule has 2 rings (SSSR count). The molecule has 1 N–H and O–H groups in total. The van der Waals surface area contributed by atoms with Crippen molar-refractivity contribution in [2.24, 2.45) is 0 Å². The molecular formula is C14H20N2S2. The number of rotatable bonds is 5. The third kappa shape index (κ3) is 2.82. The molecule has 2 aromatic heterocycles. The molecule has 0 saturated heterocycles. The van der Waals surface area contributed by atoms with E-state index in [1.807, 2.05) is 29.7 Å². The standard InChI is InChI=1S/C14H20N2S2/c1-5-11-6-7-17-14(11)12(15-4)8-13-16-9(2)10(3)18-13/h6-7,12,15H,5,8H2,1-4H3. The molecule has 98 valence electrons. The van der Waals surface area contributed by atoms with E-state index in [0.717, 1.165) is 12.8 Å². The van der Waals surface area contributed by atoms with Gasteiger partial charge in [-0.25, -0.2) is 4.98 Å². The van der Waals surface area contributed by atoms with Crippen LogP contribution in [0.2, 0.25) is 0 Å². The van der Waals surface area contributed by atoms with Crippen LogP contribution in [-0.4, -0.2) is 12.0 Å². The second-order valence-electron chi connectivity index (χ2n) is 4.46. The average molecular weight is 280 g/mol. The molecule has 0 fully saturated rings. The smallest absolute Gasteiger partial charge is 0.0950 e. The maximum Gasteiger partial charge on any atom is 0.0950 e. The van der Waals surface area contributed by atoms with E-state index in [9.17, 15) is 0 Å². The summed E-state index contributed by atoms with van der Waals surface area (Å²) < 4.78 is 0. The van der Waals surface area contributed by atoms with Gasteiger partial charge in [0.15, 0.2) is 0 Å². The number of aryl methyl sites for hydroxylation is 3. The summed E-state index contributed by atoms with van der Waals surface area (Å²) in [7, 11) is 2.04. The molecule has 0 aliphatic heterocycles. The highest BCUT2D eigenvalue weighted by molar-refractivity contribution is 7.11. The van der Waals surface area contributed by atoms with E-state index >= 15 is 0 Å². The van der Waals surface area contributed by atoms with E-state index in [1.165, 1.54) is 26.0 Å². The number of likely N-dealkylation sites (N-methyl/N-ethyl adjacent to an activating group) is 1. The zero-order chi connectivity index (χ0) is 13.1. The summed E-state index contributed by atoms with van der Waals surface area (Å²) >= 11 is 3.67. The molecule has 2 aromatic rings. The number of aromatic nitrogens is 1. The first kappa shape index (κ1) is 13.7. The fourth-order valence-corrected chi connectivity index (χ4v) is 4.16. The largest absolute Gasteiger partial charge is 0.312 e. The monoisotopic (exact) mass is 280 g/mol. The van der Waals surface area contributed by atoms with Crippen molar-refractivity contribution in [2.45, 2.75) is 39.7 Å². The summed E-state index contributed by atoms with van der Waals surface area (Å²) in [5, 5.41) is 6.86. The molecule has 0 spiro atoms. The van der Waals surface area contributed by atoms with Gasteiger partial charge in [-0.3, -0.25) is 0 Å². The van der Waals surface area contributed by atoms with Gasteiger partial charge in [-0.2, -0.15) is 0 Å². The van der Waals surface area contributed by atoms with E-state index < -0.39 is 0 Å². The summed E-state index contributed by atoms with van der Waals surface area (Å²) in [5.74, 6) is 0. The number of nitrogens with one attached hydrogen (secondary N) is 1. The number of hydrogen-bond acceptors (Lipinski definition) is 4. The Hall–Kier alpha value is -0.710. The highest BCUT2D eigenvalue weighted by atomic mass is 32.1. The van der Waals surface area contributed by atoms with Crippen LogP contribution in [0.15, 0.2) is 11.4 Å². The van der Waals surface area contributed by atoms with Gasteiger partial charge in [0.25, 0.3) is 0 Å². The minimum atomic E-state index is 0.393. The SMILES string of the molecule is CCc1ccsc1C(Cc1nc(C)c(C)s1)NC. The van der Waals surface area contributed by atoms with Crippen LogP contribution in [0.4, 0.5) is 0 Å². The average Bonchev–Trinajstić information content (AvgIpc) is 2.94. The van der Waals surface area contributed by atoms with Crippen molar-refractivity contribution in [1.82, 2.24) is 10.3 Å². The van der Waals surface area contributed by atoms with Gasteiger partial charge in [-0.05, 0) is 44.3 Å². The first-order valence-electron chi connectivity index (χ1n) is 6.32. The molecule has 0 aromatic carbocycles. The van der Waals surface area contributed by atoms with Gasteiger partial charge >= 0.3 is 0 Å². The van der Waals surface area contributed by atoms with E-state index in [2.05, 4.69) is 42.5 Å². The fourth-order valence-electron chi connectivity index (χ4n) is 2.07. The Balaban J connectivity index is 2.19. The Labute approximate surface area is 117 Å². The van der Waals surface area contributed by atoms with Gasteiger partial charge in [0.05, 0.1) is 10.7 Å². The maximum atomic E-state index is 4.65. The highest BCUT2D eigenvalue weighted by Gasteiger charge is 2.17. The third-order valence-corrected chi connectivity index (χ3v) is 5.45. The third-order valence-electron chi connectivity index (χ3n) is 3.28. The summed E-state index contributed by atoms with van der Waals surface area (Å²) in [4.78, 5) is 7.44. The zero-order valence-electron chi connectivity index (χ0n) is 11.4. The van der Waals surface area contributed by atoms with Crippen LogP contribution in [0, 0.1) is 13.8 Å². The predicted molar refractivity (Wildman–Crippen MR) is 80.8 cm³/mol. The lowest BCUT2D eigenvalue weighted by molar-refractivity contribution is 0.595. The quantitative estimate of drug-likeness (QED) is 0.899. The normalized spacial score (nSPS) is 12.9. The number of thiophene rings is 1. The van der Waals surface area contributed by atoms with Crippen LogP contribution >= 0.6 is 22.7 Å². The molecule has 4 heteroatoms. The number of thiazole rings is 1. The Bertz CT molecular complexity index is 494. The van der Waals surface area contributed by atoms with Crippen LogP contribution in [-0.2, 0) is 12.8 Å². The summed E-state index contributed by atoms with van der Waals surface area (Å²) in [5.41, 5.74) is 2.64. The van der Waals surface area contributed by atoms with E-state index in [0.29, 0.717) is 6.04 Å². The van der Waals surface area contributed by atoms with Crippen molar-refractivity contribution in [1.29, 1.82) is 0 Å². The van der Waals surface area contributed by atoms with Gasteiger partial charge in [0, 0.05) is 22.2 Å². The van der Waals surface area contributed by atoms with E-state index in [1.54, 1.807) is 0 Å². The van der Waals surface area contributed by atoms with Crippen LogP contribution in [0.1, 0.15) is 39.0 Å². The van der Waals surface area contributed by atoms with Gasteiger partial charge < -0.3 is 5.32 Å². The van der Waals surface area contributed by atoms with Crippen LogP contribution in [0.5, 0.6) is 0 Å². The van der Waals surface area contributed by atoms with Crippen LogP contribution in [0.3, 0.4) is 0 Å². The Kier molecular flexibility index (Phi) is 4.54. The Morgan fingerprint density at radius 1 is 1.39 bits per heavy atom. The van der Waals surface area contributed by atoms with Gasteiger partial charge in [-0.15, -0.1) is 22.7 Å². The Morgan fingerprint density at radius 2 is 2.17 bits per heavy atom. The lowest BCUT2D eigenvalue weighted by atomic mass is 10.1. The van der Waals surface area contributed by atoms with Crippen molar-refractivity contribution >= 4 is 22.7 Å². The lowest BCUT2D eigenvalue weighted by Crippen LogP contribution is -2.18. The molecular weight excluding hydrogens is 260 g/mol. The summed E-state index contributed by atoms with van der Waals surface area (Å²) in [6.07, 6.45) is 2.09. The molecule has 1 unspecified atom stereocenters. The molecule has 0 aliphatic rings. The molecule has 1 atom stereocenters.